The number of carbonyl (C=O) groups excluding carboxylic acids is 8. The lowest BCUT2D eigenvalue weighted by atomic mass is 9.44. The number of benzene rings is 3. The Labute approximate surface area is 416 Å². The van der Waals surface area contributed by atoms with Gasteiger partial charge in [0, 0.05) is 58.2 Å². The Kier molecular flexibility index (Phi) is 15.3. The first-order valence-electron chi connectivity index (χ1n) is 23.6. The highest BCUT2D eigenvalue weighted by atomic mass is 16.6. The minimum atomic E-state index is -2.49. The standard InChI is InChI=1S/C53H61N3O16/c1-29-35(69-49(65)43(70-39(61)25-24-38(60)55-56(7)8)41(32-18-12-9-13-19-32)54-47(63)33-20-14-10-15-21-33)27-53(66)46(71-48(64)34-22-16-11-17-23-34)44-51(6,36(59)26-37-52(44,28-67-37)72-31(3)58)45(62)42(68-30(2)57)40(29)50(53,4)5/h9-23,35-37,41-44,46,59,66H,24-28H2,1-8H3,(H,54,63)(H,55,60)/t35-,36-,37+,41-,42+,43+,44-,46-,51+,52-,53+/m0/s1. The number of nitrogens with zero attached hydrogens (tertiary/aromatic N) is 1. The van der Waals surface area contributed by atoms with Gasteiger partial charge in [0.2, 0.25) is 12.0 Å². The Morgan fingerprint density at radius 3 is 1.97 bits per heavy atom. The molecule has 19 nitrogen and oxygen atoms in total. The van der Waals surface area contributed by atoms with Gasteiger partial charge in [0.05, 0.1) is 36.0 Å². The quantitative estimate of drug-likeness (QED) is 0.0733. The molecule has 1 heterocycles. The average Bonchev–Trinajstić information content (AvgIpc) is 3.33. The molecule has 4 aliphatic rings. The lowest BCUT2D eigenvalue weighted by molar-refractivity contribution is -0.346. The highest BCUT2D eigenvalue weighted by Crippen LogP contribution is 2.64. The molecule has 0 unspecified atom stereocenters. The molecule has 0 radical (unpaired) electrons. The SMILES string of the molecule is CC(=O)O[C@H]1C(=O)[C@@]2(C)[C@H]([C@H](OC(=O)c3ccccc3)[C@]3(O)C[C@H](OC(=O)[C@H](OC(=O)CCC(=O)NN(C)C)[C@@H](NC(=O)c4ccccc4)c4ccccc4)C(C)=C1C3(C)C)[C@]1(OC(C)=O)CO[C@@H]1C[C@@H]2O. The van der Waals surface area contributed by atoms with Gasteiger partial charge in [-0.2, -0.15) is 0 Å². The van der Waals surface area contributed by atoms with Crippen molar-refractivity contribution in [1.82, 2.24) is 15.8 Å². The van der Waals surface area contributed by atoms with E-state index in [9.17, 15) is 39.0 Å². The number of rotatable bonds is 15. The van der Waals surface area contributed by atoms with Crippen LogP contribution in [0, 0.1) is 16.7 Å². The molecular weight excluding hydrogens is 935 g/mol. The Hall–Kier alpha value is -6.80. The second-order valence-electron chi connectivity index (χ2n) is 19.7. The number of aliphatic hydroxyl groups is 2. The van der Waals surface area contributed by atoms with Crippen molar-refractivity contribution in [3.8, 4) is 0 Å². The maximum atomic E-state index is 15.7. The summed E-state index contributed by atoms with van der Waals surface area (Å²) in [5.74, 6) is -8.74. The maximum absolute atomic E-state index is 15.7. The van der Waals surface area contributed by atoms with E-state index in [2.05, 4.69) is 10.7 Å². The lowest BCUT2D eigenvalue weighted by Crippen LogP contribution is -2.82. The summed E-state index contributed by atoms with van der Waals surface area (Å²) < 4.78 is 36.7. The van der Waals surface area contributed by atoms with Crippen molar-refractivity contribution in [3.05, 3.63) is 119 Å². The summed E-state index contributed by atoms with van der Waals surface area (Å²) in [7, 11) is 3.15. The number of ether oxygens (including phenoxy) is 6. The van der Waals surface area contributed by atoms with Gasteiger partial charge in [0.1, 0.15) is 30.0 Å². The predicted octanol–water partition coefficient (Wildman–Crippen LogP) is 3.66. The molecule has 1 aliphatic heterocycles. The molecule has 3 aromatic rings. The van der Waals surface area contributed by atoms with Crippen LogP contribution in [0.25, 0.3) is 0 Å². The van der Waals surface area contributed by atoms with Crippen molar-refractivity contribution in [3.63, 3.8) is 0 Å². The van der Waals surface area contributed by atoms with Gasteiger partial charge in [-0.3, -0.25) is 34.2 Å². The van der Waals surface area contributed by atoms with E-state index >= 15 is 9.59 Å². The molecule has 4 N–H and O–H groups in total. The van der Waals surface area contributed by atoms with Crippen molar-refractivity contribution in [2.75, 3.05) is 20.7 Å². The van der Waals surface area contributed by atoms with Crippen LogP contribution in [-0.4, -0.2) is 131 Å². The number of hydrogen-bond donors (Lipinski definition) is 4. The van der Waals surface area contributed by atoms with E-state index < -0.39 is 131 Å². The third-order valence-electron chi connectivity index (χ3n) is 14.6. The molecule has 3 aliphatic carbocycles. The fourth-order valence-corrected chi connectivity index (χ4v) is 11.0. The normalized spacial score (nSPS) is 29.0. The first-order chi connectivity index (χ1) is 34.0. The highest BCUT2D eigenvalue weighted by molar-refractivity contribution is 5.96. The van der Waals surface area contributed by atoms with Gasteiger partial charge >= 0.3 is 29.8 Å². The smallest absolute Gasteiger partial charge is 0.350 e. The van der Waals surface area contributed by atoms with Crippen molar-refractivity contribution < 1.29 is 77.0 Å². The minimum Gasteiger partial charge on any atom is -0.455 e. The summed E-state index contributed by atoms with van der Waals surface area (Å²) in [6, 6.07) is 22.5. The molecule has 7 rings (SSSR count). The van der Waals surface area contributed by atoms with E-state index in [1.807, 2.05) is 0 Å². The van der Waals surface area contributed by atoms with Crippen LogP contribution < -0.4 is 10.7 Å². The number of fused-ring (bicyclic) bond motifs is 5. The van der Waals surface area contributed by atoms with Crippen molar-refractivity contribution in [2.45, 2.75) is 121 Å². The monoisotopic (exact) mass is 995 g/mol. The highest BCUT2D eigenvalue weighted by Gasteiger charge is 2.78. The number of carbonyl (C=O) groups is 8. The number of ketones is 1. The van der Waals surface area contributed by atoms with Crippen LogP contribution in [-0.2, 0) is 57.2 Å². The Morgan fingerprint density at radius 1 is 0.819 bits per heavy atom. The van der Waals surface area contributed by atoms with Crippen LogP contribution in [0.4, 0.5) is 0 Å². The van der Waals surface area contributed by atoms with Crippen LogP contribution in [0.2, 0.25) is 0 Å². The fraction of sp³-hybridized carbons (Fsp3) is 0.472. The van der Waals surface area contributed by atoms with Crippen molar-refractivity contribution >= 4 is 47.4 Å². The third kappa shape index (κ3) is 9.89. The van der Waals surface area contributed by atoms with Gasteiger partial charge in [0.15, 0.2) is 17.5 Å². The molecule has 72 heavy (non-hydrogen) atoms. The van der Waals surface area contributed by atoms with Crippen LogP contribution >= 0.6 is 0 Å². The van der Waals surface area contributed by atoms with Crippen molar-refractivity contribution in [1.29, 1.82) is 0 Å². The fourth-order valence-electron chi connectivity index (χ4n) is 11.0. The molecule has 384 valence electrons. The largest absolute Gasteiger partial charge is 0.455 e. The number of nitrogens with one attached hydrogen (secondary N) is 2. The van der Waals surface area contributed by atoms with Crippen molar-refractivity contribution in [2.24, 2.45) is 16.7 Å². The van der Waals surface area contributed by atoms with Crippen LogP contribution in [0.5, 0.6) is 0 Å². The van der Waals surface area contributed by atoms with Gasteiger partial charge in [-0.05, 0) is 54.8 Å². The van der Waals surface area contributed by atoms with Crippen LogP contribution in [0.15, 0.2) is 102 Å². The second-order valence-corrected chi connectivity index (χ2v) is 19.7. The molecular formula is C53H61N3O16. The molecule has 0 spiro atoms. The third-order valence-corrected chi connectivity index (χ3v) is 14.6. The summed E-state index contributed by atoms with van der Waals surface area (Å²) in [6.45, 7) is 7.79. The molecule has 3 fully saturated rings. The summed E-state index contributed by atoms with van der Waals surface area (Å²) in [6.07, 6.45) is -11.8. The zero-order chi connectivity index (χ0) is 52.5. The minimum absolute atomic E-state index is 0.0326. The van der Waals surface area contributed by atoms with E-state index in [0.717, 1.165) is 13.8 Å². The molecule has 1 saturated heterocycles. The Bertz CT molecular complexity index is 2620. The summed E-state index contributed by atoms with van der Waals surface area (Å²) in [5.41, 5.74) is -5.09. The van der Waals surface area contributed by atoms with Gasteiger partial charge in [-0.15, -0.1) is 0 Å². The van der Waals surface area contributed by atoms with Gasteiger partial charge < -0.3 is 44.0 Å². The van der Waals surface area contributed by atoms with E-state index in [1.165, 1.54) is 57.0 Å². The number of aliphatic hydroxyl groups excluding tert-OH is 1. The number of hydrazine groups is 1. The topological polar surface area (TPSA) is 260 Å². The summed E-state index contributed by atoms with van der Waals surface area (Å²) in [5, 5.41) is 30.3. The number of hydrogen-bond acceptors (Lipinski definition) is 17. The van der Waals surface area contributed by atoms with Gasteiger partial charge in [-0.1, -0.05) is 80.6 Å². The molecule has 3 aromatic carbocycles. The zero-order valence-corrected chi connectivity index (χ0v) is 41.4. The molecule has 2 bridgehead atoms. The van der Waals surface area contributed by atoms with Gasteiger partial charge in [0.25, 0.3) is 5.91 Å². The molecule has 2 saturated carbocycles. The predicted molar refractivity (Wildman–Crippen MR) is 253 cm³/mol. The number of amides is 2. The second kappa shape index (κ2) is 20.7. The zero-order valence-electron chi connectivity index (χ0n) is 41.4. The first kappa shape index (κ1) is 53.0. The van der Waals surface area contributed by atoms with Crippen LogP contribution in [0.3, 0.4) is 0 Å². The van der Waals surface area contributed by atoms with E-state index in [-0.39, 0.29) is 41.7 Å². The summed E-state index contributed by atoms with van der Waals surface area (Å²) >= 11 is 0. The van der Waals surface area contributed by atoms with Gasteiger partial charge in [-0.25, -0.2) is 14.6 Å². The number of esters is 5. The lowest BCUT2D eigenvalue weighted by Gasteiger charge is -2.67. The molecule has 19 heteroatoms. The first-order valence-corrected chi connectivity index (χ1v) is 23.6. The Morgan fingerprint density at radius 2 is 1.42 bits per heavy atom. The Balaban J connectivity index is 1.40. The summed E-state index contributed by atoms with van der Waals surface area (Å²) in [4.78, 5) is 112. The molecule has 0 aromatic heterocycles. The van der Waals surface area contributed by atoms with Crippen LogP contribution in [0.1, 0.15) is 99.5 Å². The van der Waals surface area contributed by atoms with E-state index in [1.54, 1.807) is 80.8 Å². The molecule has 11 atom stereocenters. The van der Waals surface area contributed by atoms with E-state index in [4.69, 9.17) is 28.4 Å². The maximum Gasteiger partial charge on any atom is 0.350 e. The number of Topliss-reactive ketones (excluding diaryl/α,β-unsaturated/α-hetero) is 1. The molecule has 2 amide bonds. The average molecular weight is 996 g/mol. The van der Waals surface area contributed by atoms with E-state index in [0.29, 0.717) is 5.56 Å².